The molecule has 0 bridgehead atoms. The third-order valence-corrected chi connectivity index (χ3v) is 3.68. The molecule has 1 atom stereocenters. The van der Waals surface area contributed by atoms with E-state index in [0.29, 0.717) is 12.0 Å². The molecular formula is C18H32N2. The van der Waals surface area contributed by atoms with Crippen molar-refractivity contribution in [2.75, 3.05) is 26.7 Å². The van der Waals surface area contributed by atoms with Crippen LogP contribution in [-0.2, 0) is 0 Å². The Hall–Kier alpha value is -0.860. The molecule has 0 saturated carbocycles. The maximum atomic E-state index is 3.67. The lowest BCUT2D eigenvalue weighted by molar-refractivity contribution is 0.148. The summed E-state index contributed by atoms with van der Waals surface area (Å²) in [7, 11) is 2.23. The largest absolute Gasteiger partial charge is 0.310 e. The quantitative estimate of drug-likeness (QED) is 0.773. The summed E-state index contributed by atoms with van der Waals surface area (Å²) in [5, 5.41) is 3.67. The van der Waals surface area contributed by atoms with Crippen LogP contribution in [0, 0.1) is 11.3 Å². The van der Waals surface area contributed by atoms with Gasteiger partial charge in [-0.1, -0.05) is 65.0 Å². The number of benzene rings is 1. The van der Waals surface area contributed by atoms with Crippen molar-refractivity contribution in [3.8, 4) is 0 Å². The maximum absolute atomic E-state index is 3.67. The second kappa shape index (κ2) is 7.80. The van der Waals surface area contributed by atoms with Crippen LogP contribution < -0.4 is 5.32 Å². The third kappa shape index (κ3) is 5.26. The first-order valence-electron chi connectivity index (χ1n) is 7.83. The Bertz CT molecular complexity index is 370. The molecule has 0 spiro atoms. The highest BCUT2D eigenvalue weighted by Gasteiger charge is 2.31. The predicted octanol–water partition coefficient (Wildman–Crippen LogP) is 3.95. The van der Waals surface area contributed by atoms with E-state index in [9.17, 15) is 0 Å². The van der Waals surface area contributed by atoms with E-state index in [2.05, 4.69) is 82.2 Å². The van der Waals surface area contributed by atoms with Crippen molar-refractivity contribution >= 4 is 0 Å². The molecule has 0 fully saturated rings. The third-order valence-electron chi connectivity index (χ3n) is 3.68. The smallest absolute Gasteiger partial charge is 0.0384 e. The van der Waals surface area contributed by atoms with Gasteiger partial charge in [0.2, 0.25) is 0 Å². The van der Waals surface area contributed by atoms with Crippen molar-refractivity contribution in [3.63, 3.8) is 0 Å². The van der Waals surface area contributed by atoms with Crippen molar-refractivity contribution in [1.29, 1.82) is 0 Å². The Morgan fingerprint density at radius 3 is 2.25 bits per heavy atom. The summed E-state index contributed by atoms with van der Waals surface area (Å²) in [6, 6.07) is 11.2. The van der Waals surface area contributed by atoms with Crippen LogP contribution in [0.2, 0.25) is 0 Å². The minimum atomic E-state index is 0.195. The summed E-state index contributed by atoms with van der Waals surface area (Å²) >= 11 is 0. The molecule has 20 heavy (non-hydrogen) atoms. The SMILES string of the molecule is CCNC(c1ccccc1)C(C)(C)CN(C)CC(C)C. The summed E-state index contributed by atoms with van der Waals surface area (Å²) in [6.45, 7) is 14.7. The van der Waals surface area contributed by atoms with Gasteiger partial charge in [-0.3, -0.25) is 0 Å². The number of nitrogens with one attached hydrogen (secondary N) is 1. The summed E-state index contributed by atoms with van der Waals surface area (Å²) in [5.41, 5.74) is 1.58. The fourth-order valence-corrected chi connectivity index (χ4v) is 3.17. The number of hydrogen-bond donors (Lipinski definition) is 1. The Morgan fingerprint density at radius 2 is 1.75 bits per heavy atom. The monoisotopic (exact) mass is 276 g/mol. The molecule has 2 nitrogen and oxygen atoms in total. The van der Waals surface area contributed by atoms with Gasteiger partial charge in [-0.15, -0.1) is 0 Å². The topological polar surface area (TPSA) is 15.3 Å². The Labute approximate surface area is 125 Å². The van der Waals surface area contributed by atoms with Gasteiger partial charge in [0.1, 0.15) is 0 Å². The summed E-state index contributed by atoms with van der Waals surface area (Å²) in [5.74, 6) is 0.713. The van der Waals surface area contributed by atoms with Crippen LogP contribution in [0.5, 0.6) is 0 Å². The lowest BCUT2D eigenvalue weighted by atomic mass is 9.79. The first kappa shape index (κ1) is 17.2. The number of nitrogens with zero attached hydrogens (tertiary/aromatic N) is 1. The molecule has 0 saturated heterocycles. The van der Waals surface area contributed by atoms with E-state index in [1.54, 1.807) is 0 Å². The van der Waals surface area contributed by atoms with Crippen LogP contribution in [-0.4, -0.2) is 31.6 Å². The highest BCUT2D eigenvalue weighted by Crippen LogP contribution is 2.34. The van der Waals surface area contributed by atoms with Gasteiger partial charge in [-0.25, -0.2) is 0 Å². The van der Waals surface area contributed by atoms with Gasteiger partial charge in [-0.05, 0) is 30.5 Å². The van der Waals surface area contributed by atoms with Crippen LogP contribution in [0.25, 0.3) is 0 Å². The molecule has 0 heterocycles. The molecule has 114 valence electrons. The predicted molar refractivity (Wildman–Crippen MR) is 89.0 cm³/mol. The fourth-order valence-electron chi connectivity index (χ4n) is 3.17. The molecule has 0 aromatic heterocycles. The molecule has 0 amide bonds. The van der Waals surface area contributed by atoms with E-state index in [1.807, 2.05) is 0 Å². The highest BCUT2D eigenvalue weighted by molar-refractivity contribution is 5.21. The van der Waals surface area contributed by atoms with E-state index < -0.39 is 0 Å². The van der Waals surface area contributed by atoms with E-state index in [1.165, 1.54) is 5.56 Å². The first-order valence-corrected chi connectivity index (χ1v) is 7.83. The van der Waals surface area contributed by atoms with Crippen molar-refractivity contribution in [3.05, 3.63) is 35.9 Å². The van der Waals surface area contributed by atoms with E-state index in [4.69, 9.17) is 0 Å². The van der Waals surface area contributed by atoms with Gasteiger partial charge in [0, 0.05) is 19.1 Å². The normalized spacial score (nSPS) is 14.0. The van der Waals surface area contributed by atoms with Gasteiger partial charge in [0.15, 0.2) is 0 Å². The lowest BCUT2D eigenvalue weighted by Gasteiger charge is -2.39. The second-order valence-electron chi connectivity index (χ2n) is 6.98. The highest BCUT2D eigenvalue weighted by atomic mass is 15.1. The maximum Gasteiger partial charge on any atom is 0.0384 e. The Balaban J connectivity index is 2.83. The van der Waals surface area contributed by atoms with E-state index in [0.717, 1.165) is 19.6 Å². The van der Waals surface area contributed by atoms with Crippen LogP contribution in [0.1, 0.15) is 46.2 Å². The van der Waals surface area contributed by atoms with Crippen molar-refractivity contribution in [2.45, 2.75) is 40.7 Å². The minimum absolute atomic E-state index is 0.195. The van der Waals surface area contributed by atoms with Gasteiger partial charge < -0.3 is 10.2 Å². The number of rotatable bonds is 8. The Morgan fingerprint density at radius 1 is 1.15 bits per heavy atom. The molecule has 0 aliphatic rings. The zero-order chi connectivity index (χ0) is 15.2. The standard InChI is InChI=1S/C18H32N2/c1-7-19-17(16-11-9-8-10-12-16)18(4,5)14-20(6)13-15(2)3/h8-12,15,17,19H,7,13-14H2,1-6H3. The van der Waals surface area contributed by atoms with Gasteiger partial charge >= 0.3 is 0 Å². The van der Waals surface area contributed by atoms with E-state index in [-0.39, 0.29) is 5.41 Å². The summed E-state index contributed by atoms with van der Waals surface area (Å²) in [4.78, 5) is 2.46. The lowest BCUT2D eigenvalue weighted by Crippen LogP contribution is -2.42. The minimum Gasteiger partial charge on any atom is -0.310 e. The molecule has 0 aliphatic carbocycles. The molecule has 1 aromatic carbocycles. The van der Waals surface area contributed by atoms with Gasteiger partial charge in [-0.2, -0.15) is 0 Å². The van der Waals surface area contributed by atoms with Crippen LogP contribution in [0.4, 0.5) is 0 Å². The average Bonchev–Trinajstić information content (AvgIpc) is 2.35. The van der Waals surface area contributed by atoms with E-state index >= 15 is 0 Å². The molecule has 1 aromatic rings. The summed E-state index contributed by atoms with van der Waals surface area (Å²) in [6.07, 6.45) is 0. The second-order valence-corrected chi connectivity index (χ2v) is 6.98. The molecule has 1 rings (SSSR count). The fraction of sp³-hybridized carbons (Fsp3) is 0.667. The van der Waals surface area contributed by atoms with Crippen LogP contribution >= 0.6 is 0 Å². The average molecular weight is 276 g/mol. The zero-order valence-electron chi connectivity index (χ0n) is 14.1. The van der Waals surface area contributed by atoms with Gasteiger partial charge in [0.25, 0.3) is 0 Å². The number of hydrogen-bond acceptors (Lipinski definition) is 2. The van der Waals surface area contributed by atoms with Crippen molar-refractivity contribution in [2.24, 2.45) is 11.3 Å². The van der Waals surface area contributed by atoms with Crippen LogP contribution in [0.3, 0.4) is 0 Å². The molecule has 2 heteroatoms. The molecule has 1 N–H and O–H groups in total. The molecule has 0 radical (unpaired) electrons. The van der Waals surface area contributed by atoms with Crippen molar-refractivity contribution < 1.29 is 0 Å². The first-order chi connectivity index (χ1) is 9.36. The Kier molecular flexibility index (Phi) is 6.70. The molecule has 0 aliphatic heterocycles. The molecular weight excluding hydrogens is 244 g/mol. The molecule has 1 unspecified atom stereocenters. The van der Waals surface area contributed by atoms with Crippen LogP contribution in [0.15, 0.2) is 30.3 Å². The van der Waals surface area contributed by atoms with Crippen molar-refractivity contribution in [1.82, 2.24) is 10.2 Å². The zero-order valence-corrected chi connectivity index (χ0v) is 14.1. The summed E-state index contributed by atoms with van der Waals surface area (Å²) < 4.78 is 0. The van der Waals surface area contributed by atoms with Gasteiger partial charge in [0.05, 0.1) is 0 Å².